The molecule has 0 radical (unpaired) electrons. The summed E-state index contributed by atoms with van der Waals surface area (Å²) in [7, 11) is 0. The third-order valence-corrected chi connectivity index (χ3v) is 2.83. The van der Waals surface area contributed by atoms with Crippen LogP contribution < -0.4 is 5.32 Å². The van der Waals surface area contributed by atoms with Crippen LogP contribution in [-0.2, 0) is 4.74 Å². The maximum absolute atomic E-state index is 11.5. The highest BCUT2D eigenvalue weighted by Crippen LogP contribution is 2.21. The summed E-state index contributed by atoms with van der Waals surface area (Å²) < 4.78 is 5.03. The van der Waals surface area contributed by atoms with Crippen molar-refractivity contribution in [2.75, 3.05) is 6.54 Å². The van der Waals surface area contributed by atoms with Crippen molar-refractivity contribution in [2.24, 2.45) is 0 Å². The zero-order valence-electron chi connectivity index (χ0n) is 13.3. The second-order valence-corrected chi connectivity index (χ2v) is 5.98. The first-order chi connectivity index (χ1) is 10.6. The molecule has 8 heteroatoms. The average Bonchev–Trinajstić information content (AvgIpc) is 2.44. The van der Waals surface area contributed by atoms with Crippen LogP contribution in [0, 0.1) is 0 Å². The minimum Gasteiger partial charge on any atom is -0.477 e. The van der Waals surface area contributed by atoms with E-state index in [1.54, 1.807) is 20.8 Å². The van der Waals surface area contributed by atoms with Gasteiger partial charge < -0.3 is 25.4 Å². The number of aromatic nitrogens is 1. The molecule has 0 aromatic carbocycles. The summed E-state index contributed by atoms with van der Waals surface area (Å²) in [6.45, 7) is 5.23. The summed E-state index contributed by atoms with van der Waals surface area (Å²) >= 11 is 0. The van der Waals surface area contributed by atoms with E-state index in [-0.39, 0.29) is 24.2 Å². The molecule has 23 heavy (non-hydrogen) atoms. The van der Waals surface area contributed by atoms with Crippen molar-refractivity contribution in [2.45, 2.75) is 45.0 Å². The molecule has 0 aliphatic rings. The zero-order chi connectivity index (χ0) is 17.6. The van der Waals surface area contributed by atoms with E-state index in [0.29, 0.717) is 0 Å². The topological polar surface area (TPSA) is 129 Å². The van der Waals surface area contributed by atoms with E-state index in [0.717, 1.165) is 0 Å². The number of carboxylic acid groups (broad SMARTS) is 1. The van der Waals surface area contributed by atoms with E-state index in [4.69, 9.17) is 9.84 Å². The van der Waals surface area contributed by atoms with Gasteiger partial charge in [-0.25, -0.2) is 14.6 Å². The van der Waals surface area contributed by atoms with Crippen molar-refractivity contribution in [3.05, 3.63) is 29.6 Å². The molecule has 1 aromatic heterocycles. The molecule has 0 spiro atoms. The Bertz CT molecular complexity index is 555. The molecule has 128 valence electrons. The lowest BCUT2D eigenvalue weighted by atomic mass is 10.0. The van der Waals surface area contributed by atoms with Crippen molar-refractivity contribution in [1.82, 2.24) is 10.3 Å². The van der Waals surface area contributed by atoms with E-state index < -0.39 is 29.9 Å². The van der Waals surface area contributed by atoms with Gasteiger partial charge in [-0.3, -0.25) is 0 Å². The maximum Gasteiger partial charge on any atom is 0.407 e. The van der Waals surface area contributed by atoms with Crippen LogP contribution in [0.1, 0.15) is 49.3 Å². The average molecular weight is 326 g/mol. The lowest BCUT2D eigenvalue weighted by Crippen LogP contribution is -2.34. The Labute approximate surface area is 134 Å². The Balaban J connectivity index is 2.57. The molecule has 0 fully saturated rings. The SMILES string of the molecule is CC(C)(C)OC(=O)NCCC(O)C(O)c1cccnc1C(=O)O. The Kier molecular flexibility index (Phi) is 6.47. The van der Waals surface area contributed by atoms with Crippen LogP contribution in [0.15, 0.2) is 18.3 Å². The van der Waals surface area contributed by atoms with Gasteiger partial charge in [-0.05, 0) is 33.3 Å². The highest BCUT2D eigenvalue weighted by atomic mass is 16.6. The number of carbonyl (C=O) groups excluding carboxylic acids is 1. The number of aliphatic hydroxyl groups excluding tert-OH is 2. The maximum atomic E-state index is 11.5. The third-order valence-electron chi connectivity index (χ3n) is 2.83. The highest BCUT2D eigenvalue weighted by molar-refractivity contribution is 5.87. The number of carbonyl (C=O) groups is 2. The molecule has 2 unspecified atom stereocenters. The molecule has 2 atom stereocenters. The monoisotopic (exact) mass is 326 g/mol. The molecule has 1 heterocycles. The fourth-order valence-corrected chi connectivity index (χ4v) is 1.84. The Morgan fingerprint density at radius 2 is 2.00 bits per heavy atom. The Hall–Kier alpha value is -2.19. The van der Waals surface area contributed by atoms with Crippen LogP contribution in [0.2, 0.25) is 0 Å². The predicted molar refractivity (Wildman–Crippen MR) is 81.0 cm³/mol. The summed E-state index contributed by atoms with van der Waals surface area (Å²) in [5.74, 6) is -1.29. The summed E-state index contributed by atoms with van der Waals surface area (Å²) in [5, 5.41) is 31.5. The Morgan fingerprint density at radius 1 is 1.35 bits per heavy atom. The van der Waals surface area contributed by atoms with Gasteiger partial charge in [0.1, 0.15) is 11.7 Å². The lowest BCUT2D eigenvalue weighted by molar-refractivity contribution is 0.0112. The third kappa shape index (κ3) is 6.21. The van der Waals surface area contributed by atoms with Crippen molar-refractivity contribution >= 4 is 12.1 Å². The molecule has 0 saturated carbocycles. The van der Waals surface area contributed by atoms with Gasteiger partial charge >= 0.3 is 12.1 Å². The van der Waals surface area contributed by atoms with Gasteiger partial charge in [-0.2, -0.15) is 0 Å². The van der Waals surface area contributed by atoms with E-state index in [9.17, 15) is 19.8 Å². The van der Waals surface area contributed by atoms with Crippen molar-refractivity contribution in [3.8, 4) is 0 Å². The van der Waals surface area contributed by atoms with Crippen molar-refractivity contribution in [1.29, 1.82) is 0 Å². The molecule has 0 aliphatic heterocycles. The van der Waals surface area contributed by atoms with Crippen molar-refractivity contribution < 1.29 is 29.6 Å². The molecular weight excluding hydrogens is 304 g/mol. The van der Waals surface area contributed by atoms with Crippen LogP contribution in [0.4, 0.5) is 4.79 Å². The first-order valence-electron chi connectivity index (χ1n) is 7.13. The number of alkyl carbamates (subject to hydrolysis) is 1. The molecular formula is C15H22N2O6. The summed E-state index contributed by atoms with van der Waals surface area (Å²) in [5.41, 5.74) is -0.933. The normalized spacial score (nSPS) is 14.0. The second kappa shape index (κ2) is 7.89. The van der Waals surface area contributed by atoms with Crippen LogP contribution in [0.25, 0.3) is 0 Å². The molecule has 0 saturated heterocycles. The summed E-state index contributed by atoms with van der Waals surface area (Å²) in [6.07, 6.45) is -2.00. The van der Waals surface area contributed by atoms with Crippen LogP contribution in [0.3, 0.4) is 0 Å². The number of nitrogens with zero attached hydrogens (tertiary/aromatic N) is 1. The molecule has 1 amide bonds. The number of aliphatic hydroxyl groups is 2. The Morgan fingerprint density at radius 3 is 2.57 bits per heavy atom. The fourth-order valence-electron chi connectivity index (χ4n) is 1.84. The lowest BCUT2D eigenvalue weighted by Gasteiger charge is -2.21. The molecule has 0 aliphatic carbocycles. The summed E-state index contributed by atoms with van der Waals surface area (Å²) in [6, 6.07) is 2.85. The zero-order valence-corrected chi connectivity index (χ0v) is 13.3. The van der Waals surface area contributed by atoms with Gasteiger partial charge in [-0.1, -0.05) is 6.07 Å². The van der Waals surface area contributed by atoms with E-state index in [2.05, 4.69) is 10.3 Å². The second-order valence-electron chi connectivity index (χ2n) is 5.98. The first kappa shape index (κ1) is 18.9. The van der Waals surface area contributed by atoms with Gasteiger partial charge in [-0.15, -0.1) is 0 Å². The quantitative estimate of drug-likeness (QED) is 0.615. The standard InChI is InChI=1S/C15H22N2O6/c1-15(2,3)23-14(22)17-8-6-10(18)12(19)9-5-4-7-16-11(9)13(20)21/h4-5,7,10,12,18-19H,6,8H2,1-3H3,(H,17,22)(H,20,21). The number of ether oxygens (including phenoxy) is 1. The van der Waals surface area contributed by atoms with Crippen LogP contribution in [-0.4, -0.2) is 50.6 Å². The van der Waals surface area contributed by atoms with Crippen LogP contribution >= 0.6 is 0 Å². The molecule has 8 nitrogen and oxygen atoms in total. The number of rotatable bonds is 6. The largest absolute Gasteiger partial charge is 0.477 e. The smallest absolute Gasteiger partial charge is 0.407 e. The fraction of sp³-hybridized carbons (Fsp3) is 0.533. The van der Waals surface area contributed by atoms with Gasteiger partial charge in [0.25, 0.3) is 0 Å². The van der Waals surface area contributed by atoms with E-state index >= 15 is 0 Å². The van der Waals surface area contributed by atoms with Gasteiger partial charge in [0.2, 0.25) is 0 Å². The van der Waals surface area contributed by atoms with E-state index in [1.807, 2.05) is 0 Å². The first-order valence-corrected chi connectivity index (χ1v) is 7.13. The number of carboxylic acids is 1. The minimum absolute atomic E-state index is 0.0183. The highest BCUT2D eigenvalue weighted by Gasteiger charge is 2.24. The number of hydrogen-bond donors (Lipinski definition) is 4. The number of amides is 1. The minimum atomic E-state index is -1.42. The molecule has 1 aromatic rings. The van der Waals surface area contributed by atoms with Gasteiger partial charge in [0.15, 0.2) is 5.69 Å². The van der Waals surface area contributed by atoms with Crippen LogP contribution in [0.5, 0.6) is 0 Å². The molecule has 1 rings (SSSR count). The molecule has 4 N–H and O–H groups in total. The summed E-state index contributed by atoms with van der Waals surface area (Å²) in [4.78, 5) is 26.2. The number of pyridine rings is 1. The van der Waals surface area contributed by atoms with Gasteiger partial charge in [0.05, 0.1) is 6.10 Å². The van der Waals surface area contributed by atoms with Crippen molar-refractivity contribution in [3.63, 3.8) is 0 Å². The number of hydrogen-bond acceptors (Lipinski definition) is 6. The predicted octanol–water partition coefficient (Wildman–Crippen LogP) is 1.09. The number of aromatic carboxylic acids is 1. The molecule has 0 bridgehead atoms. The number of nitrogens with one attached hydrogen (secondary N) is 1. The van der Waals surface area contributed by atoms with Gasteiger partial charge in [0, 0.05) is 18.3 Å². The van der Waals surface area contributed by atoms with E-state index in [1.165, 1.54) is 18.3 Å².